The van der Waals surface area contributed by atoms with Crippen molar-refractivity contribution in [2.24, 2.45) is 5.73 Å². The van der Waals surface area contributed by atoms with Gasteiger partial charge < -0.3 is 21.1 Å². The van der Waals surface area contributed by atoms with Crippen molar-refractivity contribution in [2.75, 3.05) is 18.4 Å². The molecule has 0 spiro atoms. The average Bonchev–Trinajstić information content (AvgIpc) is 2.87. The standard InChI is InChI=1S/C27H26FN5O2/c28-22-9-6-20(7-10-22)21-8-11-23-24(14-21)35-25-17-33(27(34)32-26(25)31-23)16-19-4-2-18(3-5-19)15-30-13-1-12-29/h2-11,14,17,30H,1,12-13,15-16,29H2,(H,31,32,34). The number of fused-ring (bicyclic) bond motifs is 2. The molecule has 0 saturated carbocycles. The van der Waals surface area contributed by atoms with Crippen LogP contribution in [0.5, 0.6) is 11.5 Å². The molecule has 5 rings (SSSR count). The molecule has 178 valence electrons. The highest BCUT2D eigenvalue weighted by molar-refractivity contribution is 5.77. The van der Waals surface area contributed by atoms with Gasteiger partial charge in [0.15, 0.2) is 17.3 Å². The van der Waals surface area contributed by atoms with E-state index < -0.39 is 0 Å². The third-order valence-electron chi connectivity index (χ3n) is 5.85. The van der Waals surface area contributed by atoms with Crippen molar-refractivity contribution in [1.29, 1.82) is 0 Å². The molecule has 4 aromatic rings. The van der Waals surface area contributed by atoms with Crippen LogP contribution in [0, 0.1) is 5.82 Å². The second-order valence-electron chi connectivity index (χ2n) is 8.44. The number of nitrogens with one attached hydrogen (secondary N) is 2. The summed E-state index contributed by atoms with van der Waals surface area (Å²) in [4.78, 5) is 16.8. The molecule has 0 radical (unpaired) electrons. The molecule has 0 unspecified atom stereocenters. The number of hydrogen-bond acceptors (Lipinski definition) is 6. The van der Waals surface area contributed by atoms with Crippen molar-refractivity contribution in [2.45, 2.75) is 19.5 Å². The molecule has 1 aliphatic rings. The number of halogens is 1. The second-order valence-corrected chi connectivity index (χ2v) is 8.44. The molecular formula is C27H26FN5O2. The zero-order chi connectivity index (χ0) is 24.2. The van der Waals surface area contributed by atoms with Gasteiger partial charge in [-0.2, -0.15) is 4.98 Å². The number of rotatable bonds is 8. The Bertz CT molecular complexity index is 1380. The Labute approximate surface area is 202 Å². The predicted molar refractivity (Wildman–Crippen MR) is 135 cm³/mol. The van der Waals surface area contributed by atoms with Crippen molar-refractivity contribution < 1.29 is 9.13 Å². The van der Waals surface area contributed by atoms with Crippen LogP contribution in [-0.4, -0.2) is 22.6 Å². The largest absolute Gasteiger partial charge is 0.450 e. The van der Waals surface area contributed by atoms with Crippen molar-refractivity contribution in [3.63, 3.8) is 0 Å². The van der Waals surface area contributed by atoms with Crippen LogP contribution in [0.1, 0.15) is 17.5 Å². The quantitative estimate of drug-likeness (QED) is 0.291. The fourth-order valence-corrected chi connectivity index (χ4v) is 3.95. The highest BCUT2D eigenvalue weighted by Crippen LogP contribution is 2.42. The van der Waals surface area contributed by atoms with Crippen LogP contribution in [0.2, 0.25) is 0 Å². The van der Waals surface area contributed by atoms with Crippen LogP contribution < -0.4 is 26.8 Å². The van der Waals surface area contributed by atoms with Gasteiger partial charge >= 0.3 is 5.69 Å². The van der Waals surface area contributed by atoms with Crippen LogP contribution in [0.25, 0.3) is 11.1 Å². The summed E-state index contributed by atoms with van der Waals surface area (Å²) in [5.41, 5.74) is 9.80. The van der Waals surface area contributed by atoms with Gasteiger partial charge in [0.25, 0.3) is 0 Å². The number of benzene rings is 3. The highest BCUT2D eigenvalue weighted by Gasteiger charge is 2.20. The SMILES string of the molecule is NCCCNCc1ccc(Cn2cc3c(nc2=O)Nc2ccc(-c4ccc(F)cc4)cc2O3)cc1. The number of aromatic nitrogens is 2. The lowest BCUT2D eigenvalue weighted by Crippen LogP contribution is -2.25. The highest BCUT2D eigenvalue weighted by atomic mass is 19.1. The molecule has 0 fully saturated rings. The molecule has 0 atom stereocenters. The van der Waals surface area contributed by atoms with Crippen LogP contribution in [0.3, 0.4) is 0 Å². The first kappa shape index (κ1) is 22.8. The fourth-order valence-electron chi connectivity index (χ4n) is 3.95. The van der Waals surface area contributed by atoms with Gasteiger partial charge in [0.2, 0.25) is 0 Å². The fraction of sp³-hybridized carbons (Fsp3) is 0.185. The summed E-state index contributed by atoms with van der Waals surface area (Å²) in [6.07, 6.45) is 2.62. The van der Waals surface area contributed by atoms with Crippen LogP contribution in [-0.2, 0) is 13.1 Å². The van der Waals surface area contributed by atoms with Crippen molar-refractivity contribution in [1.82, 2.24) is 14.9 Å². The Morgan fingerprint density at radius 3 is 2.49 bits per heavy atom. The predicted octanol–water partition coefficient (Wildman–Crippen LogP) is 4.39. The summed E-state index contributed by atoms with van der Waals surface area (Å²) in [5.74, 6) is 1.18. The lowest BCUT2D eigenvalue weighted by Gasteiger charge is -2.22. The number of nitrogens with zero attached hydrogens (tertiary/aromatic N) is 2. The summed E-state index contributed by atoms with van der Waals surface area (Å²) in [6.45, 7) is 2.72. The van der Waals surface area contributed by atoms with E-state index in [1.54, 1.807) is 18.3 Å². The van der Waals surface area contributed by atoms with E-state index >= 15 is 0 Å². The van der Waals surface area contributed by atoms with Crippen molar-refractivity contribution in [3.05, 3.63) is 100 Å². The van der Waals surface area contributed by atoms with Gasteiger partial charge in [-0.25, -0.2) is 9.18 Å². The maximum absolute atomic E-state index is 13.3. The van der Waals surface area contributed by atoms with E-state index in [0.717, 1.165) is 36.2 Å². The van der Waals surface area contributed by atoms with E-state index in [1.807, 2.05) is 42.5 Å². The lowest BCUT2D eigenvalue weighted by molar-refractivity contribution is 0.468. The van der Waals surface area contributed by atoms with E-state index in [9.17, 15) is 9.18 Å². The zero-order valence-corrected chi connectivity index (χ0v) is 19.1. The number of nitrogens with two attached hydrogens (primary N) is 1. The first-order valence-electron chi connectivity index (χ1n) is 11.5. The summed E-state index contributed by atoms with van der Waals surface area (Å²) in [5, 5.41) is 6.53. The molecule has 35 heavy (non-hydrogen) atoms. The Morgan fingerprint density at radius 1 is 0.971 bits per heavy atom. The van der Waals surface area contributed by atoms with Gasteiger partial charge in [-0.3, -0.25) is 4.57 Å². The molecule has 0 aliphatic carbocycles. The minimum atomic E-state index is -0.362. The molecule has 0 bridgehead atoms. The van der Waals surface area contributed by atoms with E-state index in [4.69, 9.17) is 10.5 Å². The summed E-state index contributed by atoms with van der Waals surface area (Å²) < 4.78 is 20.9. The Morgan fingerprint density at radius 2 is 1.71 bits per heavy atom. The van der Waals surface area contributed by atoms with Crippen LogP contribution in [0.4, 0.5) is 15.9 Å². The third-order valence-corrected chi connectivity index (χ3v) is 5.85. The van der Waals surface area contributed by atoms with Crippen molar-refractivity contribution >= 4 is 11.5 Å². The molecular weight excluding hydrogens is 445 g/mol. The van der Waals surface area contributed by atoms with Crippen LogP contribution >= 0.6 is 0 Å². The van der Waals surface area contributed by atoms with E-state index in [0.29, 0.717) is 36.1 Å². The first-order chi connectivity index (χ1) is 17.1. The molecule has 7 nitrogen and oxygen atoms in total. The van der Waals surface area contributed by atoms with Gasteiger partial charge in [-0.05, 0) is 66.0 Å². The monoisotopic (exact) mass is 471 g/mol. The first-order valence-corrected chi connectivity index (χ1v) is 11.5. The molecule has 2 heterocycles. The Balaban J connectivity index is 1.32. The second kappa shape index (κ2) is 10.1. The van der Waals surface area contributed by atoms with Crippen LogP contribution in [0.15, 0.2) is 77.7 Å². The van der Waals surface area contributed by atoms with Crippen molar-refractivity contribution in [3.8, 4) is 22.6 Å². The third kappa shape index (κ3) is 5.24. The minimum Gasteiger partial charge on any atom is -0.450 e. The van der Waals surface area contributed by atoms with Gasteiger partial charge in [-0.1, -0.05) is 42.5 Å². The van der Waals surface area contributed by atoms with E-state index in [-0.39, 0.29) is 11.5 Å². The van der Waals surface area contributed by atoms with Gasteiger partial charge in [0, 0.05) is 6.54 Å². The number of ether oxygens (including phenoxy) is 1. The summed E-state index contributed by atoms with van der Waals surface area (Å²) in [7, 11) is 0. The Kier molecular flexibility index (Phi) is 6.56. The number of anilines is 2. The maximum Gasteiger partial charge on any atom is 0.350 e. The average molecular weight is 472 g/mol. The van der Waals surface area contributed by atoms with Gasteiger partial charge in [0.1, 0.15) is 5.82 Å². The van der Waals surface area contributed by atoms with Gasteiger partial charge in [-0.15, -0.1) is 0 Å². The minimum absolute atomic E-state index is 0.281. The lowest BCUT2D eigenvalue weighted by atomic mass is 10.0. The van der Waals surface area contributed by atoms with E-state index in [1.165, 1.54) is 22.3 Å². The smallest absolute Gasteiger partial charge is 0.350 e. The van der Waals surface area contributed by atoms with E-state index in [2.05, 4.69) is 15.6 Å². The Hall–Kier alpha value is -4.01. The summed E-state index contributed by atoms with van der Waals surface area (Å²) >= 11 is 0. The molecule has 1 aliphatic heterocycles. The topological polar surface area (TPSA) is 94.2 Å². The molecule has 8 heteroatoms. The molecule has 4 N–H and O–H groups in total. The normalized spacial score (nSPS) is 11.8. The molecule has 1 aromatic heterocycles. The molecule has 0 saturated heterocycles. The zero-order valence-electron chi connectivity index (χ0n) is 19.1. The van der Waals surface area contributed by atoms with Gasteiger partial charge in [0.05, 0.1) is 18.4 Å². The molecule has 3 aromatic carbocycles. The maximum atomic E-state index is 13.3. The number of hydrogen-bond donors (Lipinski definition) is 3. The summed E-state index contributed by atoms with van der Waals surface area (Å²) in [6, 6.07) is 20.1. The molecule has 0 amide bonds.